The van der Waals surface area contributed by atoms with Crippen molar-refractivity contribution in [1.82, 2.24) is 4.98 Å². The largest absolute Gasteiger partial charge is 0.360 e. The Hall–Kier alpha value is -2.35. The summed E-state index contributed by atoms with van der Waals surface area (Å²) in [6.07, 6.45) is 2.27. The van der Waals surface area contributed by atoms with Crippen LogP contribution in [0, 0.1) is 6.92 Å². The van der Waals surface area contributed by atoms with Crippen molar-refractivity contribution in [1.29, 1.82) is 0 Å². The molecule has 0 amide bonds. The summed E-state index contributed by atoms with van der Waals surface area (Å²) in [4.78, 5) is 15.6. The van der Waals surface area contributed by atoms with E-state index in [1.807, 2.05) is 61.7 Å². The molecule has 3 aromatic rings. The molecule has 2 aromatic carbocycles. The van der Waals surface area contributed by atoms with E-state index in [1.54, 1.807) is 0 Å². The van der Waals surface area contributed by atoms with Crippen LogP contribution >= 0.6 is 0 Å². The molecular weight excluding hydrogens is 234 g/mol. The second kappa shape index (κ2) is 4.73. The van der Waals surface area contributed by atoms with Crippen molar-refractivity contribution in [3.05, 3.63) is 71.4 Å². The molecule has 0 aliphatic rings. The summed E-state index contributed by atoms with van der Waals surface area (Å²) in [5, 5.41) is 1.01. The average Bonchev–Trinajstić information content (AvgIpc) is 2.85. The Balaban J connectivity index is 1.96. The minimum absolute atomic E-state index is 0.156. The maximum atomic E-state index is 12.4. The van der Waals surface area contributed by atoms with E-state index in [4.69, 9.17) is 0 Å². The Kier molecular flexibility index (Phi) is 2.92. The number of aryl methyl sites for hydroxylation is 1. The van der Waals surface area contributed by atoms with Gasteiger partial charge in [0.2, 0.25) is 0 Å². The first kappa shape index (κ1) is 11.7. The van der Waals surface area contributed by atoms with Gasteiger partial charge in [-0.3, -0.25) is 4.79 Å². The van der Waals surface area contributed by atoms with Crippen molar-refractivity contribution in [2.45, 2.75) is 13.3 Å². The fourth-order valence-electron chi connectivity index (χ4n) is 2.41. The Morgan fingerprint density at radius 2 is 1.84 bits per heavy atom. The molecule has 0 radical (unpaired) electrons. The van der Waals surface area contributed by atoms with Crippen LogP contribution in [0.15, 0.2) is 54.7 Å². The molecule has 3 rings (SSSR count). The van der Waals surface area contributed by atoms with E-state index in [0.717, 1.165) is 27.6 Å². The van der Waals surface area contributed by atoms with Crippen molar-refractivity contribution in [3.8, 4) is 0 Å². The molecule has 0 spiro atoms. The highest BCUT2D eigenvalue weighted by Gasteiger charge is 2.13. The fourth-order valence-corrected chi connectivity index (χ4v) is 2.41. The highest BCUT2D eigenvalue weighted by molar-refractivity contribution is 6.09. The van der Waals surface area contributed by atoms with Gasteiger partial charge in [0.15, 0.2) is 5.78 Å². The van der Waals surface area contributed by atoms with Crippen molar-refractivity contribution in [2.75, 3.05) is 0 Å². The summed E-state index contributed by atoms with van der Waals surface area (Å²) >= 11 is 0. The molecule has 0 saturated heterocycles. The highest BCUT2D eigenvalue weighted by atomic mass is 16.1. The fraction of sp³-hybridized carbons (Fsp3) is 0.118. The normalized spacial score (nSPS) is 10.8. The summed E-state index contributed by atoms with van der Waals surface area (Å²) in [7, 11) is 0. The molecule has 0 fully saturated rings. The van der Waals surface area contributed by atoms with Gasteiger partial charge in [-0.25, -0.2) is 0 Å². The third kappa shape index (κ3) is 2.17. The molecule has 0 bridgehead atoms. The number of benzene rings is 2. The molecule has 2 heteroatoms. The van der Waals surface area contributed by atoms with E-state index < -0.39 is 0 Å². The summed E-state index contributed by atoms with van der Waals surface area (Å²) in [5.74, 6) is 0.156. The first-order chi connectivity index (χ1) is 9.25. The number of Topliss-reactive ketones (excluding diaryl/α,β-unsaturated/α-hetero) is 1. The predicted molar refractivity (Wildman–Crippen MR) is 77.5 cm³/mol. The molecule has 0 aliphatic carbocycles. The van der Waals surface area contributed by atoms with Gasteiger partial charge in [0.25, 0.3) is 0 Å². The number of carbonyl (C=O) groups is 1. The first-order valence-electron chi connectivity index (χ1n) is 6.39. The van der Waals surface area contributed by atoms with Crippen LogP contribution in [0.5, 0.6) is 0 Å². The number of hydrogen-bond acceptors (Lipinski definition) is 1. The topological polar surface area (TPSA) is 32.9 Å². The number of fused-ring (bicyclic) bond motifs is 1. The Bertz CT molecular complexity index is 725. The standard InChI is InChI=1S/C17H15NO/c1-12-6-5-9-14-15(11-18-17(12)14)16(19)10-13-7-3-2-4-8-13/h2-9,11,18H,10H2,1H3. The molecule has 94 valence electrons. The van der Waals surface area contributed by atoms with Gasteiger partial charge in [-0.1, -0.05) is 48.5 Å². The summed E-state index contributed by atoms with van der Waals surface area (Å²) in [6.45, 7) is 2.05. The lowest BCUT2D eigenvalue weighted by Gasteiger charge is -2.01. The predicted octanol–water partition coefficient (Wildman–Crippen LogP) is 3.90. The number of para-hydroxylation sites is 1. The van der Waals surface area contributed by atoms with Crippen LogP contribution < -0.4 is 0 Å². The van der Waals surface area contributed by atoms with E-state index >= 15 is 0 Å². The van der Waals surface area contributed by atoms with Crippen molar-refractivity contribution >= 4 is 16.7 Å². The molecule has 1 N–H and O–H groups in total. The molecule has 19 heavy (non-hydrogen) atoms. The lowest BCUT2D eigenvalue weighted by atomic mass is 10.0. The number of aromatic amines is 1. The van der Waals surface area contributed by atoms with Gasteiger partial charge >= 0.3 is 0 Å². The van der Waals surface area contributed by atoms with Gasteiger partial charge in [0.05, 0.1) is 0 Å². The van der Waals surface area contributed by atoms with Gasteiger partial charge < -0.3 is 4.98 Å². The summed E-state index contributed by atoms with van der Waals surface area (Å²) < 4.78 is 0. The van der Waals surface area contributed by atoms with Crippen molar-refractivity contribution < 1.29 is 4.79 Å². The van der Waals surface area contributed by atoms with Crippen LogP contribution in [0.4, 0.5) is 0 Å². The second-order valence-corrected chi connectivity index (χ2v) is 4.79. The minimum Gasteiger partial charge on any atom is -0.360 e. The molecule has 0 aliphatic heterocycles. The molecule has 2 nitrogen and oxygen atoms in total. The van der Waals surface area contributed by atoms with Crippen LogP contribution in [0.25, 0.3) is 10.9 Å². The van der Waals surface area contributed by atoms with Crippen molar-refractivity contribution in [2.24, 2.45) is 0 Å². The number of carbonyl (C=O) groups excluding carboxylic acids is 1. The van der Waals surface area contributed by atoms with Gasteiger partial charge in [-0.05, 0) is 18.1 Å². The Morgan fingerprint density at radius 3 is 2.63 bits per heavy atom. The van der Waals surface area contributed by atoms with Gasteiger partial charge in [0, 0.05) is 29.1 Å². The molecule has 0 unspecified atom stereocenters. The summed E-state index contributed by atoms with van der Waals surface area (Å²) in [5.41, 5.74) is 4.05. The van der Waals surface area contributed by atoms with E-state index in [1.165, 1.54) is 0 Å². The monoisotopic (exact) mass is 249 g/mol. The van der Waals surface area contributed by atoms with Crippen LogP contribution in [-0.2, 0) is 6.42 Å². The Morgan fingerprint density at radius 1 is 1.05 bits per heavy atom. The number of H-pyrrole nitrogens is 1. The average molecular weight is 249 g/mol. The molecule has 1 aromatic heterocycles. The van der Waals surface area contributed by atoms with Crippen LogP contribution in [0.3, 0.4) is 0 Å². The van der Waals surface area contributed by atoms with Gasteiger partial charge in [-0.2, -0.15) is 0 Å². The first-order valence-corrected chi connectivity index (χ1v) is 6.39. The number of nitrogens with one attached hydrogen (secondary N) is 1. The van der Waals surface area contributed by atoms with Gasteiger partial charge in [-0.15, -0.1) is 0 Å². The summed E-state index contributed by atoms with van der Waals surface area (Å²) in [6, 6.07) is 15.9. The quantitative estimate of drug-likeness (QED) is 0.701. The van der Waals surface area contributed by atoms with E-state index in [2.05, 4.69) is 4.98 Å². The number of rotatable bonds is 3. The SMILES string of the molecule is Cc1cccc2c(C(=O)Cc3ccccc3)c[nH]c12. The zero-order valence-electron chi connectivity index (χ0n) is 10.8. The zero-order valence-corrected chi connectivity index (χ0v) is 10.8. The van der Waals surface area contributed by atoms with E-state index in [9.17, 15) is 4.79 Å². The number of ketones is 1. The molecular formula is C17H15NO. The third-order valence-electron chi connectivity index (χ3n) is 3.43. The van der Waals surface area contributed by atoms with Crippen molar-refractivity contribution in [3.63, 3.8) is 0 Å². The third-order valence-corrected chi connectivity index (χ3v) is 3.43. The lowest BCUT2D eigenvalue weighted by molar-refractivity contribution is 0.0994. The lowest BCUT2D eigenvalue weighted by Crippen LogP contribution is -2.02. The number of aromatic nitrogens is 1. The molecule has 1 heterocycles. The smallest absolute Gasteiger partial charge is 0.169 e. The maximum absolute atomic E-state index is 12.4. The van der Waals surface area contributed by atoms with Crippen LogP contribution in [0.1, 0.15) is 21.5 Å². The molecule has 0 atom stereocenters. The molecule has 0 saturated carbocycles. The van der Waals surface area contributed by atoms with Crippen LogP contribution in [-0.4, -0.2) is 10.8 Å². The minimum atomic E-state index is 0.156. The van der Waals surface area contributed by atoms with E-state index in [-0.39, 0.29) is 5.78 Å². The number of hydrogen-bond donors (Lipinski definition) is 1. The zero-order chi connectivity index (χ0) is 13.2. The van der Waals surface area contributed by atoms with E-state index in [0.29, 0.717) is 6.42 Å². The second-order valence-electron chi connectivity index (χ2n) is 4.79. The highest BCUT2D eigenvalue weighted by Crippen LogP contribution is 2.22. The van der Waals surface area contributed by atoms with Crippen LogP contribution in [0.2, 0.25) is 0 Å². The maximum Gasteiger partial charge on any atom is 0.169 e. The Labute approximate surface area is 112 Å². The van der Waals surface area contributed by atoms with Gasteiger partial charge in [0.1, 0.15) is 0 Å².